The number of hydrogen-bond acceptors (Lipinski definition) is 4. The molecule has 6 heteroatoms. The lowest BCUT2D eigenvalue weighted by Crippen LogP contribution is -2.35. The third-order valence-corrected chi connectivity index (χ3v) is 5.22. The molecule has 2 aromatic rings. The van der Waals surface area contributed by atoms with Crippen molar-refractivity contribution in [1.29, 1.82) is 0 Å². The summed E-state index contributed by atoms with van der Waals surface area (Å²) in [5, 5.41) is 0. The monoisotopic (exact) mass is 387 g/mol. The predicted octanol–water partition coefficient (Wildman–Crippen LogP) is 3.84. The Hall–Kier alpha value is -2.49. The molecule has 0 aliphatic heterocycles. The Balaban J connectivity index is 2.19. The summed E-state index contributed by atoms with van der Waals surface area (Å²) in [6.45, 7) is 5.72. The van der Waals surface area contributed by atoms with E-state index in [9.17, 15) is 4.21 Å². The lowest BCUT2D eigenvalue weighted by atomic mass is 10.1. The van der Waals surface area contributed by atoms with Crippen molar-refractivity contribution in [3.05, 3.63) is 54.1 Å². The normalized spacial score (nSPS) is 13.1. The molecule has 2 atom stereocenters. The van der Waals surface area contributed by atoms with Crippen molar-refractivity contribution in [2.75, 3.05) is 14.2 Å². The van der Waals surface area contributed by atoms with Gasteiger partial charge in [0.05, 0.1) is 30.0 Å². The van der Waals surface area contributed by atoms with Gasteiger partial charge in [0.15, 0.2) is 0 Å². The summed E-state index contributed by atoms with van der Waals surface area (Å²) in [4.78, 5) is 0. The fourth-order valence-electron chi connectivity index (χ4n) is 2.05. The molecule has 0 amide bonds. The van der Waals surface area contributed by atoms with Gasteiger partial charge < -0.3 is 14.2 Å². The van der Waals surface area contributed by atoms with Crippen LogP contribution in [0.2, 0.25) is 0 Å². The average Bonchev–Trinajstić information content (AvgIpc) is 2.67. The van der Waals surface area contributed by atoms with Gasteiger partial charge in [-0.15, -0.1) is 0 Å². The number of hydrogen-bond donors (Lipinski definition) is 1. The first-order chi connectivity index (χ1) is 12.8. The van der Waals surface area contributed by atoms with Gasteiger partial charge in [0.25, 0.3) is 0 Å². The maximum absolute atomic E-state index is 12.5. The van der Waals surface area contributed by atoms with Crippen LogP contribution in [0.15, 0.2) is 48.5 Å². The minimum atomic E-state index is -1.28. The standard InChI is InChI=1S/C21H25NO4S/c1-21(2,3)27(23)22-20(16-6-8-17(24-4)9-7-16)14-15-26-19-12-10-18(25-5)11-13-19/h6-13,20,22H,1-5H3. The van der Waals surface area contributed by atoms with Gasteiger partial charge in [-0.1, -0.05) is 12.1 Å². The third-order valence-electron chi connectivity index (χ3n) is 3.66. The molecule has 2 unspecified atom stereocenters. The van der Waals surface area contributed by atoms with Crippen molar-refractivity contribution in [1.82, 2.24) is 4.72 Å². The van der Waals surface area contributed by atoms with E-state index < -0.39 is 21.8 Å². The maximum Gasteiger partial charge on any atom is 0.140 e. The Morgan fingerprint density at radius 2 is 1.37 bits per heavy atom. The van der Waals surface area contributed by atoms with Crippen LogP contribution in [0.25, 0.3) is 0 Å². The van der Waals surface area contributed by atoms with E-state index >= 15 is 0 Å². The molecule has 0 heterocycles. The van der Waals surface area contributed by atoms with Crippen LogP contribution < -0.4 is 18.9 Å². The number of rotatable bonds is 6. The van der Waals surface area contributed by atoms with E-state index in [2.05, 4.69) is 16.7 Å². The molecular weight excluding hydrogens is 362 g/mol. The lowest BCUT2D eigenvalue weighted by molar-refractivity contribution is 0.413. The fourth-order valence-corrected chi connectivity index (χ4v) is 2.81. The van der Waals surface area contributed by atoms with Gasteiger partial charge in [-0.3, -0.25) is 0 Å². The second kappa shape index (κ2) is 9.45. The molecule has 5 nitrogen and oxygen atoms in total. The molecule has 2 rings (SSSR count). The minimum Gasteiger partial charge on any atom is -0.497 e. The van der Waals surface area contributed by atoms with Gasteiger partial charge in [-0.25, -0.2) is 8.93 Å². The van der Waals surface area contributed by atoms with Crippen molar-refractivity contribution in [2.45, 2.75) is 31.6 Å². The fraction of sp³-hybridized carbons (Fsp3) is 0.333. The molecule has 0 saturated carbocycles. The summed E-state index contributed by atoms with van der Waals surface area (Å²) in [5.74, 6) is 5.10. The Morgan fingerprint density at radius 1 is 0.889 bits per heavy atom. The summed E-state index contributed by atoms with van der Waals surface area (Å²) in [6, 6.07) is 14.2. The van der Waals surface area contributed by atoms with Crippen LogP contribution in [0.1, 0.15) is 32.4 Å². The Labute approximate surface area is 163 Å². The highest BCUT2D eigenvalue weighted by Gasteiger charge is 2.23. The van der Waals surface area contributed by atoms with Crippen molar-refractivity contribution in [2.24, 2.45) is 0 Å². The topological polar surface area (TPSA) is 56.8 Å². The van der Waals surface area contributed by atoms with E-state index in [1.807, 2.05) is 45.0 Å². The van der Waals surface area contributed by atoms with E-state index in [0.29, 0.717) is 5.75 Å². The molecule has 0 bridgehead atoms. The van der Waals surface area contributed by atoms with Crippen LogP contribution in [0.4, 0.5) is 0 Å². The van der Waals surface area contributed by atoms with Crippen LogP contribution in [0.3, 0.4) is 0 Å². The zero-order valence-electron chi connectivity index (χ0n) is 16.2. The number of ether oxygens (including phenoxy) is 3. The van der Waals surface area contributed by atoms with Gasteiger partial charge in [0.1, 0.15) is 29.4 Å². The molecular formula is C21H25NO4S. The van der Waals surface area contributed by atoms with Gasteiger partial charge in [-0.2, -0.15) is 0 Å². The summed E-state index contributed by atoms with van der Waals surface area (Å²) in [7, 11) is 1.94. The van der Waals surface area contributed by atoms with Crippen LogP contribution in [0.5, 0.6) is 17.2 Å². The van der Waals surface area contributed by atoms with Gasteiger partial charge >= 0.3 is 0 Å². The van der Waals surface area contributed by atoms with Gasteiger partial charge in [0.2, 0.25) is 0 Å². The number of methoxy groups -OCH3 is 2. The maximum atomic E-state index is 12.5. The van der Waals surface area contributed by atoms with E-state index in [4.69, 9.17) is 14.2 Å². The SMILES string of the molecule is COc1ccc(OC#CC(NS(=O)C(C)(C)C)c2ccc(OC)cc2)cc1. The summed E-state index contributed by atoms with van der Waals surface area (Å²) in [5.41, 5.74) is 0.874. The lowest BCUT2D eigenvalue weighted by Gasteiger charge is -2.21. The molecule has 2 aromatic carbocycles. The Kier molecular flexibility index (Phi) is 7.28. The molecule has 0 aliphatic carbocycles. The van der Waals surface area contributed by atoms with Crippen molar-refractivity contribution < 1.29 is 18.4 Å². The van der Waals surface area contributed by atoms with Crippen LogP contribution in [-0.4, -0.2) is 23.2 Å². The van der Waals surface area contributed by atoms with Crippen LogP contribution in [0, 0.1) is 12.0 Å². The molecule has 0 aromatic heterocycles. The number of nitrogens with one attached hydrogen (secondary N) is 1. The van der Waals surface area contributed by atoms with Gasteiger partial charge in [0, 0.05) is 0 Å². The van der Waals surface area contributed by atoms with E-state index in [0.717, 1.165) is 17.1 Å². The molecule has 144 valence electrons. The first kappa shape index (κ1) is 20.8. The zero-order chi connectivity index (χ0) is 19.9. The molecule has 0 aliphatic rings. The highest BCUT2D eigenvalue weighted by molar-refractivity contribution is 7.84. The molecule has 0 radical (unpaired) electrons. The van der Waals surface area contributed by atoms with Crippen molar-refractivity contribution >= 4 is 11.0 Å². The Morgan fingerprint density at radius 3 is 1.85 bits per heavy atom. The zero-order valence-corrected chi connectivity index (χ0v) is 17.1. The first-order valence-corrected chi connectivity index (χ1v) is 9.62. The van der Waals surface area contributed by atoms with Crippen molar-refractivity contribution in [3.8, 4) is 29.3 Å². The molecule has 0 fully saturated rings. The quantitative estimate of drug-likeness (QED) is 0.765. The largest absolute Gasteiger partial charge is 0.497 e. The highest BCUT2D eigenvalue weighted by Crippen LogP contribution is 2.21. The number of benzene rings is 2. The smallest absolute Gasteiger partial charge is 0.140 e. The summed E-state index contributed by atoms with van der Waals surface area (Å²) in [6.07, 6.45) is 2.70. The second-order valence-corrected chi connectivity index (χ2v) is 8.73. The van der Waals surface area contributed by atoms with E-state index in [1.165, 1.54) is 0 Å². The molecule has 1 N–H and O–H groups in total. The van der Waals surface area contributed by atoms with Crippen molar-refractivity contribution in [3.63, 3.8) is 0 Å². The first-order valence-electron chi connectivity index (χ1n) is 8.47. The van der Waals surface area contributed by atoms with Gasteiger partial charge in [-0.05, 0) is 68.7 Å². The van der Waals surface area contributed by atoms with Crippen LogP contribution >= 0.6 is 0 Å². The summed E-state index contributed by atoms with van der Waals surface area (Å²) < 4.78 is 31.0. The highest BCUT2D eigenvalue weighted by atomic mass is 32.2. The molecule has 27 heavy (non-hydrogen) atoms. The van der Waals surface area contributed by atoms with E-state index in [1.54, 1.807) is 38.5 Å². The minimum absolute atomic E-state index is 0.413. The average molecular weight is 388 g/mol. The van der Waals surface area contributed by atoms with E-state index in [-0.39, 0.29) is 0 Å². The molecule has 0 spiro atoms. The summed E-state index contributed by atoms with van der Waals surface area (Å²) >= 11 is 0. The third kappa shape index (κ3) is 6.31. The second-order valence-electron chi connectivity index (χ2n) is 6.73. The van der Waals surface area contributed by atoms with Crippen LogP contribution in [-0.2, 0) is 11.0 Å². The Bertz CT molecular complexity index is 814. The molecule has 0 saturated heterocycles. The predicted molar refractivity (Wildman–Crippen MR) is 108 cm³/mol.